The number of hydrogen-bond donors (Lipinski definition) is 13. The summed E-state index contributed by atoms with van der Waals surface area (Å²) in [4.78, 5) is 140. The Balaban J connectivity index is -0.000000168. The number of carboxylic acid groups (broad SMARTS) is 13. The summed E-state index contributed by atoms with van der Waals surface area (Å²) in [6.07, 6.45) is 2.63. The van der Waals surface area contributed by atoms with E-state index in [1.807, 2.05) is 0 Å². The zero-order valence-electron chi connectivity index (χ0n) is 47.0. The molecule has 0 aliphatic carbocycles. The topological polar surface area (TPSA) is 604 Å². The number of carbonyl (C=O) groups is 14. The Morgan fingerprint density at radius 1 is 0.247 bits per heavy atom. The average Bonchev–Trinajstić information content (AvgIpc) is 3.38. The fraction of sp³-hybridized carbons (Fsp3) is 0.702. The first-order valence-electron chi connectivity index (χ1n) is 24.5. The maximum absolute atomic E-state index is 10.3. The van der Waals surface area contributed by atoms with Crippen molar-refractivity contribution in [1.82, 2.24) is 0 Å². The van der Waals surface area contributed by atoms with Crippen molar-refractivity contribution in [3.8, 4) is 0 Å². The number of Topliss-reactive ketones (excluding diaryl/α,β-unsaturated/α-hetero) is 1. The second-order valence-electron chi connectivity index (χ2n) is 15.3. The molecule has 0 saturated heterocycles. The van der Waals surface area contributed by atoms with Crippen molar-refractivity contribution in [3.63, 3.8) is 0 Å². The normalized spacial score (nSPS) is 10.5. The maximum Gasteiger partial charge on any atom is 0.332 e. The first-order valence-corrected chi connectivity index (χ1v) is 24.5. The molecule has 2 unspecified atom stereocenters. The predicted octanol–water partition coefficient (Wildman–Crippen LogP) is -1.33. The molecule has 0 fully saturated rings. The highest BCUT2D eigenvalue weighted by molar-refractivity contribution is 5.76. The molecule has 85 heavy (non-hydrogen) atoms. The highest BCUT2D eigenvalue weighted by Crippen LogP contribution is 2.02. The summed E-state index contributed by atoms with van der Waals surface area (Å²) in [5, 5.41) is 106. The molecular weight excluding hydrogens is 1170 g/mol. The Hall–Kier alpha value is -7.66. The molecule has 0 heterocycles. The summed E-state index contributed by atoms with van der Waals surface area (Å²) >= 11 is 0. The van der Waals surface area contributed by atoms with Crippen LogP contribution >= 0.6 is 0 Å². The van der Waals surface area contributed by atoms with Crippen LogP contribution in [0.2, 0.25) is 0 Å². The molecule has 38 nitrogen and oxygen atoms in total. The quantitative estimate of drug-likeness (QED) is 0.0314. The van der Waals surface area contributed by atoms with Crippen molar-refractivity contribution in [2.24, 2.45) is 0 Å². The van der Waals surface area contributed by atoms with Crippen LogP contribution in [0.3, 0.4) is 0 Å². The van der Waals surface area contributed by atoms with Gasteiger partial charge in [-0.25, -0.2) is 52.7 Å². The van der Waals surface area contributed by atoms with E-state index >= 15 is 0 Å². The van der Waals surface area contributed by atoms with Gasteiger partial charge in [0.2, 0.25) is 0 Å². The van der Waals surface area contributed by atoms with Gasteiger partial charge in [-0.15, -0.1) is 0 Å². The Labute approximate surface area is 484 Å². The number of ketones is 1. The van der Waals surface area contributed by atoms with Gasteiger partial charge in [0.05, 0.1) is 52.9 Å². The molecule has 0 aliphatic rings. The molecule has 2 atom stereocenters. The van der Waals surface area contributed by atoms with E-state index in [1.54, 1.807) is 0 Å². The minimum absolute atomic E-state index is 0.0520. The van der Waals surface area contributed by atoms with Crippen LogP contribution in [-0.4, -0.2) is 294 Å². The fourth-order valence-electron chi connectivity index (χ4n) is 3.78. The van der Waals surface area contributed by atoms with Gasteiger partial charge in [0.25, 0.3) is 0 Å². The third-order valence-corrected chi connectivity index (χ3v) is 7.33. The molecule has 13 N–H and O–H groups in total. The van der Waals surface area contributed by atoms with Crippen molar-refractivity contribution in [3.05, 3.63) is 0 Å². The molecule has 0 radical (unpaired) electrons. The van der Waals surface area contributed by atoms with Crippen LogP contribution in [0.5, 0.6) is 0 Å². The van der Waals surface area contributed by atoms with Crippen molar-refractivity contribution >= 4 is 83.4 Å². The lowest BCUT2D eigenvalue weighted by Crippen LogP contribution is -2.23. The zero-order chi connectivity index (χ0) is 66.8. The molecule has 0 saturated carbocycles. The van der Waals surface area contributed by atoms with E-state index in [4.69, 9.17) is 85.3 Å². The number of hydrogen-bond acceptors (Lipinski definition) is 25. The van der Waals surface area contributed by atoms with E-state index in [0.29, 0.717) is 38.9 Å². The molecule has 0 aliphatic heterocycles. The summed E-state index contributed by atoms with van der Waals surface area (Å²) < 4.78 is 51.1. The van der Waals surface area contributed by atoms with Crippen molar-refractivity contribution < 1.29 is 186 Å². The highest BCUT2D eigenvalue weighted by atomic mass is 16.6. The molecule has 0 spiro atoms. The van der Waals surface area contributed by atoms with Gasteiger partial charge in [0.1, 0.15) is 66.1 Å². The van der Waals surface area contributed by atoms with Gasteiger partial charge in [0.15, 0.2) is 18.0 Å². The molecule has 0 bridgehead atoms. The Kier molecular flexibility index (Phi) is 73.8. The molecule has 0 aromatic carbocycles. The summed E-state index contributed by atoms with van der Waals surface area (Å²) in [7, 11) is 0. The summed E-state index contributed by atoms with van der Waals surface area (Å²) in [5.74, 6) is -13.5. The number of aliphatic carboxylic acids is 13. The van der Waals surface area contributed by atoms with Gasteiger partial charge in [-0.3, -0.25) is 14.4 Å². The van der Waals surface area contributed by atoms with Crippen LogP contribution < -0.4 is 0 Å². The van der Waals surface area contributed by atoms with Crippen LogP contribution in [0.1, 0.15) is 72.1 Å². The van der Waals surface area contributed by atoms with Crippen molar-refractivity contribution in [2.75, 3.05) is 132 Å². The average molecular weight is 1250 g/mol. The number of rotatable bonds is 48. The van der Waals surface area contributed by atoms with Crippen LogP contribution in [0.4, 0.5) is 0 Å². The summed E-state index contributed by atoms with van der Waals surface area (Å²) in [6.45, 7) is 2.65. The van der Waals surface area contributed by atoms with E-state index in [9.17, 15) is 67.1 Å². The minimum atomic E-state index is -1.17. The first-order chi connectivity index (χ1) is 39.7. The number of ether oxygens (including phenoxy) is 11. The van der Waals surface area contributed by atoms with E-state index in [-0.39, 0.29) is 105 Å². The lowest BCUT2D eigenvalue weighted by Gasteiger charge is -2.07. The summed E-state index contributed by atoms with van der Waals surface area (Å²) in [5.41, 5.74) is 0. The van der Waals surface area contributed by atoms with E-state index in [1.165, 1.54) is 20.8 Å². The smallest absolute Gasteiger partial charge is 0.332 e. The third-order valence-electron chi connectivity index (χ3n) is 7.33. The molecule has 0 amide bonds. The van der Waals surface area contributed by atoms with Gasteiger partial charge >= 0.3 is 77.6 Å². The Bertz CT molecular complexity index is 1710. The van der Waals surface area contributed by atoms with Crippen molar-refractivity contribution in [2.45, 2.75) is 84.3 Å². The first kappa shape index (κ1) is 91.1. The van der Waals surface area contributed by atoms with Crippen LogP contribution in [0.25, 0.3) is 0 Å². The molecular formula is C47H80O38. The number of unbranched alkanes of at least 4 members (excludes halogenated alkanes) is 4. The van der Waals surface area contributed by atoms with Gasteiger partial charge < -0.3 is 118 Å². The monoisotopic (exact) mass is 1250 g/mol. The highest BCUT2D eigenvalue weighted by Gasteiger charge is 2.12. The lowest BCUT2D eigenvalue weighted by atomic mass is 10.2. The Morgan fingerprint density at radius 3 is 0.741 bits per heavy atom. The molecule has 0 aromatic heterocycles. The van der Waals surface area contributed by atoms with Gasteiger partial charge in [0, 0.05) is 26.1 Å². The van der Waals surface area contributed by atoms with Gasteiger partial charge in [-0.05, 0) is 46.5 Å². The fourth-order valence-corrected chi connectivity index (χ4v) is 3.78. The van der Waals surface area contributed by atoms with E-state index in [2.05, 4.69) is 33.2 Å². The molecule has 0 rings (SSSR count). The lowest BCUT2D eigenvalue weighted by molar-refractivity contribution is -0.155. The molecule has 38 heteroatoms. The number of carboxylic acids is 13. The van der Waals surface area contributed by atoms with Crippen molar-refractivity contribution in [1.29, 1.82) is 0 Å². The standard InChI is InChI=1S/C9H16O5.C8H14O7.C8H14O5.C7H12O5.C6H10O6.C5H8O5.C4H6O5/c1-7(9(12)13)14-6-4-2-3-5-8(10)11;9-7(10)5-14-3-1-13-2-4-15-6-8(11)12;9-7(10)4-2-1-3-5-13-6-8(11)12;1-6(8)4-11-2-3-12-5-7(9)10;7-5(8)3-11-1-2-12-4-6(9)10;1-3(5(8)9)10-2-4(6)7;5-3(6)1-9-2-4(7)8/h7H,2-6H2,1H3,(H,10,11)(H,12,13);1-6H2,(H,9,10)(H,11,12);1-6H2,(H,9,10)(H,11,12);2-5H2,1H3,(H,9,10);1-4H2,(H,7,8)(H,9,10);3H,2H2,1H3,(H,6,7)(H,8,9);1-2H2,(H,5,6)(H,7,8). The van der Waals surface area contributed by atoms with E-state index < -0.39 is 123 Å². The maximum atomic E-state index is 10.3. The second-order valence-corrected chi connectivity index (χ2v) is 15.3. The molecule has 496 valence electrons. The van der Waals surface area contributed by atoms with E-state index in [0.717, 1.165) is 12.8 Å². The minimum Gasteiger partial charge on any atom is -0.481 e. The Morgan fingerprint density at radius 2 is 0.482 bits per heavy atom. The third kappa shape index (κ3) is 116. The van der Waals surface area contributed by atoms with Gasteiger partial charge in [-0.2, -0.15) is 0 Å². The second kappa shape index (κ2) is 68.8. The van der Waals surface area contributed by atoms with Gasteiger partial charge in [-0.1, -0.05) is 12.8 Å². The zero-order valence-corrected chi connectivity index (χ0v) is 47.0. The number of carbonyl (C=O) groups excluding carboxylic acids is 1. The largest absolute Gasteiger partial charge is 0.481 e. The molecule has 0 aromatic rings. The SMILES string of the molecule is CC(=O)COCCOCC(=O)O.CC(OCC(=O)O)C(=O)O.CC(OCCCCCC(=O)O)C(=O)O.O=C(O)CCCCCOCC(=O)O.O=C(O)COCC(=O)O.O=C(O)COCCOCC(=O)O.O=C(O)COCCOCCOCC(=O)O. The predicted molar refractivity (Wildman–Crippen MR) is 275 cm³/mol. The summed E-state index contributed by atoms with van der Waals surface area (Å²) in [6, 6.07) is 0. The van der Waals surface area contributed by atoms with Crippen LogP contribution in [0.15, 0.2) is 0 Å². The van der Waals surface area contributed by atoms with Crippen LogP contribution in [0, 0.1) is 0 Å². The van der Waals surface area contributed by atoms with Crippen LogP contribution in [-0.2, 0) is 119 Å².